The highest BCUT2D eigenvalue weighted by atomic mass is 16.5. The lowest BCUT2D eigenvalue weighted by Crippen LogP contribution is -2.37. The standard InChI is InChI=1S/C35H61N3O3/c1-40-34-21-19-33(20-22-34)32-41-35(39)18-17-29-38-28-16-10-15-25-36-23-11-6-2-4-8-13-26-37(30-31-38)27-14-9-5-3-7-12-24-36/h19-22H,2-18,23-32H2,1H3. The topological polar surface area (TPSA) is 45.3 Å². The predicted octanol–water partition coefficient (Wildman–Crippen LogP) is 7.30. The van der Waals surface area contributed by atoms with Crippen molar-refractivity contribution in [1.29, 1.82) is 0 Å². The van der Waals surface area contributed by atoms with E-state index in [4.69, 9.17) is 9.47 Å². The van der Waals surface area contributed by atoms with Crippen LogP contribution in [0.5, 0.6) is 5.75 Å². The van der Waals surface area contributed by atoms with E-state index in [9.17, 15) is 4.79 Å². The number of hydrogen-bond donors (Lipinski definition) is 0. The lowest BCUT2D eigenvalue weighted by atomic mass is 10.1. The average Bonchev–Trinajstić information content (AvgIpc) is 2.99. The minimum Gasteiger partial charge on any atom is -0.497 e. The van der Waals surface area contributed by atoms with Crippen LogP contribution in [0, 0.1) is 0 Å². The molecule has 3 saturated heterocycles. The molecule has 41 heavy (non-hydrogen) atoms. The maximum Gasteiger partial charge on any atom is 0.306 e. The highest BCUT2D eigenvalue weighted by Crippen LogP contribution is 2.15. The zero-order valence-electron chi connectivity index (χ0n) is 26.5. The molecule has 0 spiro atoms. The fourth-order valence-electron chi connectivity index (χ4n) is 6.30. The van der Waals surface area contributed by atoms with Crippen molar-refractivity contribution in [2.75, 3.05) is 66.0 Å². The number of carbonyl (C=O) groups excluding carboxylic acids is 1. The van der Waals surface area contributed by atoms with Crippen molar-refractivity contribution in [1.82, 2.24) is 14.7 Å². The first-order valence-electron chi connectivity index (χ1n) is 17.2. The van der Waals surface area contributed by atoms with Crippen molar-refractivity contribution in [2.24, 2.45) is 0 Å². The van der Waals surface area contributed by atoms with Crippen LogP contribution in [0.2, 0.25) is 0 Å². The Morgan fingerprint density at radius 3 is 1.61 bits per heavy atom. The molecule has 0 atom stereocenters. The molecule has 0 N–H and O–H groups in total. The predicted molar refractivity (Wildman–Crippen MR) is 171 cm³/mol. The molecule has 1 aromatic rings. The van der Waals surface area contributed by atoms with Gasteiger partial charge in [-0.25, -0.2) is 0 Å². The molecule has 1 aromatic carbocycles. The molecule has 3 heterocycles. The van der Waals surface area contributed by atoms with Crippen LogP contribution in [0.4, 0.5) is 0 Å². The van der Waals surface area contributed by atoms with E-state index in [2.05, 4.69) is 14.7 Å². The summed E-state index contributed by atoms with van der Waals surface area (Å²) < 4.78 is 10.8. The molecule has 2 bridgehead atoms. The van der Waals surface area contributed by atoms with E-state index in [1.165, 1.54) is 129 Å². The van der Waals surface area contributed by atoms with Gasteiger partial charge in [-0.05, 0) is 108 Å². The van der Waals surface area contributed by atoms with Gasteiger partial charge in [-0.2, -0.15) is 0 Å². The Morgan fingerprint density at radius 1 is 0.610 bits per heavy atom. The lowest BCUT2D eigenvalue weighted by molar-refractivity contribution is -0.145. The zero-order valence-corrected chi connectivity index (χ0v) is 26.5. The number of esters is 1. The van der Waals surface area contributed by atoms with Gasteiger partial charge in [0.05, 0.1) is 7.11 Å². The third kappa shape index (κ3) is 16.0. The van der Waals surface area contributed by atoms with Gasteiger partial charge < -0.3 is 24.2 Å². The first kappa shape index (κ1) is 33.9. The molecule has 234 valence electrons. The fourth-order valence-corrected chi connectivity index (χ4v) is 6.30. The van der Waals surface area contributed by atoms with Gasteiger partial charge in [-0.15, -0.1) is 0 Å². The first-order valence-corrected chi connectivity index (χ1v) is 17.2. The number of benzene rings is 1. The molecule has 0 unspecified atom stereocenters. The summed E-state index contributed by atoms with van der Waals surface area (Å²) in [6.45, 7) is 11.1. The van der Waals surface area contributed by atoms with Crippen LogP contribution in [0.3, 0.4) is 0 Å². The van der Waals surface area contributed by atoms with Gasteiger partial charge in [0.1, 0.15) is 12.4 Å². The van der Waals surface area contributed by atoms with Gasteiger partial charge in [0, 0.05) is 19.5 Å². The van der Waals surface area contributed by atoms with Crippen LogP contribution in [0.25, 0.3) is 0 Å². The number of methoxy groups -OCH3 is 1. The fraction of sp³-hybridized carbons (Fsp3) is 0.800. The molecule has 6 nitrogen and oxygen atoms in total. The Labute approximate surface area is 252 Å². The Hall–Kier alpha value is -1.63. The molecule has 4 rings (SSSR count). The van der Waals surface area contributed by atoms with Crippen molar-refractivity contribution >= 4 is 5.97 Å². The summed E-state index contributed by atoms with van der Waals surface area (Å²) in [4.78, 5) is 20.6. The quantitative estimate of drug-likeness (QED) is 0.320. The van der Waals surface area contributed by atoms with Gasteiger partial charge in [0.25, 0.3) is 0 Å². The van der Waals surface area contributed by atoms with E-state index in [0.717, 1.165) is 43.9 Å². The molecule has 0 aliphatic carbocycles. The van der Waals surface area contributed by atoms with Crippen molar-refractivity contribution in [3.63, 3.8) is 0 Å². The second-order valence-corrected chi connectivity index (χ2v) is 12.4. The Balaban J connectivity index is 1.50. The third-order valence-corrected chi connectivity index (χ3v) is 8.99. The summed E-state index contributed by atoms with van der Waals surface area (Å²) in [6, 6.07) is 7.73. The summed E-state index contributed by atoms with van der Waals surface area (Å²) >= 11 is 0. The van der Waals surface area contributed by atoms with Crippen LogP contribution in [-0.4, -0.2) is 86.7 Å². The largest absolute Gasteiger partial charge is 0.497 e. The number of fused-ring (bicyclic) bond motifs is 21. The second-order valence-electron chi connectivity index (χ2n) is 12.4. The third-order valence-electron chi connectivity index (χ3n) is 8.99. The number of carbonyl (C=O) groups is 1. The Bertz CT molecular complexity index is 767. The highest BCUT2D eigenvalue weighted by Gasteiger charge is 2.13. The molecule has 3 aliphatic rings. The van der Waals surface area contributed by atoms with Crippen LogP contribution in [0.1, 0.15) is 115 Å². The van der Waals surface area contributed by atoms with Crippen LogP contribution >= 0.6 is 0 Å². The normalized spacial score (nSPS) is 23.8. The number of rotatable bonds is 7. The molecule has 0 radical (unpaired) electrons. The van der Waals surface area contributed by atoms with Gasteiger partial charge in [-0.3, -0.25) is 4.79 Å². The van der Waals surface area contributed by atoms with Crippen molar-refractivity contribution < 1.29 is 14.3 Å². The maximum atomic E-state index is 12.5. The maximum absolute atomic E-state index is 12.5. The van der Waals surface area contributed by atoms with E-state index in [-0.39, 0.29) is 5.97 Å². The minimum atomic E-state index is -0.0923. The summed E-state index contributed by atoms with van der Waals surface area (Å²) in [6.07, 6.45) is 21.9. The average molecular weight is 572 g/mol. The molecular weight excluding hydrogens is 510 g/mol. The van der Waals surface area contributed by atoms with Crippen LogP contribution in [0.15, 0.2) is 24.3 Å². The zero-order chi connectivity index (χ0) is 28.8. The summed E-state index contributed by atoms with van der Waals surface area (Å²) in [5, 5.41) is 0. The summed E-state index contributed by atoms with van der Waals surface area (Å²) in [5.41, 5.74) is 0.997. The van der Waals surface area contributed by atoms with Crippen LogP contribution < -0.4 is 4.74 Å². The van der Waals surface area contributed by atoms with Gasteiger partial charge >= 0.3 is 5.97 Å². The van der Waals surface area contributed by atoms with E-state index in [1.54, 1.807) is 7.11 Å². The Kier molecular flexibility index (Phi) is 18.2. The van der Waals surface area contributed by atoms with E-state index in [0.29, 0.717) is 13.0 Å². The van der Waals surface area contributed by atoms with E-state index in [1.807, 2.05) is 24.3 Å². The lowest BCUT2D eigenvalue weighted by Gasteiger charge is -2.28. The molecule has 6 heteroatoms. The van der Waals surface area contributed by atoms with E-state index >= 15 is 0 Å². The first-order chi connectivity index (χ1) is 20.2. The van der Waals surface area contributed by atoms with Gasteiger partial charge in [0.15, 0.2) is 0 Å². The summed E-state index contributed by atoms with van der Waals surface area (Å²) in [7, 11) is 1.66. The van der Waals surface area contributed by atoms with Crippen LogP contribution in [-0.2, 0) is 16.1 Å². The second kappa shape index (κ2) is 22.0. The molecule has 3 aliphatic heterocycles. The summed E-state index contributed by atoms with van der Waals surface area (Å²) in [5.74, 6) is 0.727. The molecule has 0 aromatic heterocycles. The number of ether oxygens (including phenoxy) is 2. The molecule has 3 fully saturated rings. The number of hydrogen-bond acceptors (Lipinski definition) is 6. The SMILES string of the molecule is COc1ccc(COC(=O)CCCN2CCCCCN3CCCCCCCCN(CCCCCCCC3)CC2)cc1. The van der Waals surface area contributed by atoms with E-state index < -0.39 is 0 Å². The van der Waals surface area contributed by atoms with Crippen molar-refractivity contribution in [2.45, 2.75) is 116 Å². The smallest absolute Gasteiger partial charge is 0.306 e. The minimum absolute atomic E-state index is 0.0923. The molecule has 0 amide bonds. The Morgan fingerprint density at radius 2 is 1.07 bits per heavy atom. The molecule has 0 saturated carbocycles. The van der Waals surface area contributed by atoms with Gasteiger partial charge in [0.2, 0.25) is 0 Å². The monoisotopic (exact) mass is 571 g/mol. The van der Waals surface area contributed by atoms with Crippen molar-refractivity contribution in [3.05, 3.63) is 29.8 Å². The van der Waals surface area contributed by atoms with Crippen molar-refractivity contribution in [3.8, 4) is 5.75 Å². The highest BCUT2D eigenvalue weighted by molar-refractivity contribution is 5.69. The van der Waals surface area contributed by atoms with Gasteiger partial charge in [-0.1, -0.05) is 69.9 Å². The number of nitrogens with zero attached hydrogens (tertiary/aromatic N) is 3. The molecular formula is C35H61N3O3.